The largest absolute Gasteiger partial charge is 0.507 e. The van der Waals surface area contributed by atoms with Crippen molar-refractivity contribution in [2.45, 2.75) is 13.3 Å². The Morgan fingerprint density at radius 1 is 1.09 bits per heavy atom. The predicted molar refractivity (Wildman–Crippen MR) is 85.1 cm³/mol. The molecule has 0 aliphatic rings. The lowest BCUT2D eigenvalue weighted by Crippen LogP contribution is -2.14. The summed E-state index contributed by atoms with van der Waals surface area (Å²) in [5.74, 6) is -0.891. The fraction of sp³-hybridized carbons (Fsp3) is 0.222. The zero-order chi connectivity index (χ0) is 16.8. The van der Waals surface area contributed by atoms with E-state index in [1.54, 1.807) is 12.1 Å². The maximum absolute atomic E-state index is 12.0. The third kappa shape index (κ3) is 4.10. The molecule has 2 aromatic rings. The minimum atomic E-state index is -0.760. The number of aromatic hydroxyl groups is 1. The molecule has 0 spiro atoms. The molecular weight excluding hydrogens is 296 g/mol. The molecule has 0 heterocycles. The number of hydrogen-bond donors (Lipinski definition) is 1. The van der Waals surface area contributed by atoms with Crippen LogP contribution in [0.25, 0.3) is 0 Å². The van der Waals surface area contributed by atoms with Crippen LogP contribution in [0.5, 0.6) is 11.5 Å². The van der Waals surface area contributed by atoms with Gasteiger partial charge in [-0.15, -0.1) is 0 Å². The van der Waals surface area contributed by atoms with E-state index in [1.165, 1.54) is 25.3 Å². The average molecular weight is 314 g/mol. The third-order valence-electron chi connectivity index (χ3n) is 3.44. The predicted octanol–water partition coefficient (Wildman–Crippen LogP) is 3.00. The van der Waals surface area contributed by atoms with Crippen molar-refractivity contribution in [3.05, 3.63) is 59.2 Å². The van der Waals surface area contributed by atoms with Gasteiger partial charge in [-0.2, -0.15) is 0 Å². The first-order chi connectivity index (χ1) is 11.0. The van der Waals surface area contributed by atoms with Crippen LogP contribution in [0.4, 0.5) is 0 Å². The topological polar surface area (TPSA) is 72.8 Å². The second-order valence-electron chi connectivity index (χ2n) is 4.93. The molecule has 2 rings (SSSR count). The van der Waals surface area contributed by atoms with Crippen LogP contribution in [-0.4, -0.2) is 30.6 Å². The van der Waals surface area contributed by atoms with Crippen LogP contribution in [0.3, 0.4) is 0 Å². The van der Waals surface area contributed by atoms with Gasteiger partial charge in [-0.3, -0.25) is 4.79 Å². The summed E-state index contributed by atoms with van der Waals surface area (Å²) in [4.78, 5) is 23.9. The number of esters is 1. The summed E-state index contributed by atoms with van der Waals surface area (Å²) >= 11 is 0. The van der Waals surface area contributed by atoms with Crippen molar-refractivity contribution < 1.29 is 24.2 Å². The molecule has 120 valence electrons. The summed E-state index contributed by atoms with van der Waals surface area (Å²) in [5.41, 5.74) is 1.59. The van der Waals surface area contributed by atoms with Crippen molar-refractivity contribution in [1.82, 2.24) is 0 Å². The van der Waals surface area contributed by atoms with Gasteiger partial charge in [0.05, 0.1) is 7.11 Å². The Labute approximate surface area is 134 Å². The number of benzene rings is 2. The quantitative estimate of drug-likeness (QED) is 0.655. The van der Waals surface area contributed by atoms with E-state index in [1.807, 2.05) is 19.1 Å². The van der Waals surface area contributed by atoms with E-state index >= 15 is 0 Å². The molecule has 0 aromatic heterocycles. The molecule has 0 aliphatic heterocycles. The van der Waals surface area contributed by atoms with Crippen LogP contribution in [-0.2, 0) is 11.2 Å². The van der Waals surface area contributed by atoms with E-state index in [0.29, 0.717) is 11.3 Å². The summed E-state index contributed by atoms with van der Waals surface area (Å²) in [5, 5.41) is 9.77. The van der Waals surface area contributed by atoms with Gasteiger partial charge in [0.2, 0.25) is 0 Å². The molecule has 2 aromatic carbocycles. The Hall–Kier alpha value is -2.82. The number of rotatable bonds is 6. The molecule has 1 N–H and O–H groups in total. The number of phenols is 1. The third-order valence-corrected chi connectivity index (χ3v) is 3.44. The number of carbonyl (C=O) groups excluding carboxylic acids is 2. The lowest BCUT2D eigenvalue weighted by molar-refractivity contribution is 0.0471. The Bertz CT molecular complexity index is 704. The van der Waals surface area contributed by atoms with Crippen molar-refractivity contribution in [3.8, 4) is 11.5 Å². The van der Waals surface area contributed by atoms with Crippen molar-refractivity contribution in [2.75, 3.05) is 13.7 Å². The molecule has 5 heteroatoms. The molecule has 0 aliphatic carbocycles. The fourth-order valence-corrected chi connectivity index (χ4v) is 2.03. The SMILES string of the molecule is CCc1ccc(C(=O)COC(=O)c2ccc(OC)cc2O)cc1. The van der Waals surface area contributed by atoms with E-state index in [0.717, 1.165) is 12.0 Å². The summed E-state index contributed by atoms with van der Waals surface area (Å²) in [6.07, 6.45) is 0.889. The van der Waals surface area contributed by atoms with E-state index in [2.05, 4.69) is 0 Å². The van der Waals surface area contributed by atoms with E-state index in [9.17, 15) is 14.7 Å². The number of aryl methyl sites for hydroxylation is 1. The van der Waals surface area contributed by atoms with Crippen molar-refractivity contribution >= 4 is 11.8 Å². The average Bonchev–Trinajstić information content (AvgIpc) is 2.59. The number of phenolic OH excluding ortho intramolecular Hbond substituents is 1. The van der Waals surface area contributed by atoms with Crippen LogP contribution in [0.15, 0.2) is 42.5 Å². The Balaban J connectivity index is 1.99. The number of hydrogen-bond acceptors (Lipinski definition) is 5. The summed E-state index contributed by atoms with van der Waals surface area (Å²) in [6.45, 7) is 1.65. The van der Waals surface area contributed by atoms with Crippen molar-refractivity contribution in [1.29, 1.82) is 0 Å². The van der Waals surface area contributed by atoms with Gasteiger partial charge in [-0.1, -0.05) is 31.2 Å². The van der Waals surface area contributed by atoms with Crippen LogP contribution < -0.4 is 4.74 Å². The molecule has 0 amide bonds. The summed E-state index contributed by atoms with van der Waals surface area (Å²) in [7, 11) is 1.45. The van der Waals surface area contributed by atoms with Gasteiger partial charge in [0.1, 0.15) is 17.1 Å². The highest BCUT2D eigenvalue weighted by Crippen LogP contribution is 2.24. The van der Waals surface area contributed by atoms with E-state index < -0.39 is 5.97 Å². The second-order valence-corrected chi connectivity index (χ2v) is 4.93. The Kier molecular flexibility index (Phi) is 5.36. The van der Waals surface area contributed by atoms with Gasteiger partial charge < -0.3 is 14.6 Å². The number of ketones is 1. The lowest BCUT2D eigenvalue weighted by Gasteiger charge is -2.07. The van der Waals surface area contributed by atoms with Gasteiger partial charge >= 0.3 is 5.97 Å². The summed E-state index contributed by atoms with van der Waals surface area (Å²) < 4.78 is 9.90. The van der Waals surface area contributed by atoms with Gasteiger partial charge in [-0.05, 0) is 24.1 Å². The zero-order valence-electron chi connectivity index (χ0n) is 13.0. The van der Waals surface area contributed by atoms with Crippen molar-refractivity contribution in [3.63, 3.8) is 0 Å². The van der Waals surface area contributed by atoms with Gasteiger partial charge in [0.25, 0.3) is 0 Å². The maximum atomic E-state index is 12.0. The normalized spacial score (nSPS) is 10.2. The molecule has 0 saturated heterocycles. The van der Waals surface area contributed by atoms with Crippen molar-refractivity contribution in [2.24, 2.45) is 0 Å². The first kappa shape index (κ1) is 16.5. The molecule has 0 unspecified atom stereocenters. The molecule has 0 radical (unpaired) electrons. The van der Waals surface area contributed by atoms with Gasteiger partial charge in [0, 0.05) is 11.6 Å². The van der Waals surface area contributed by atoms with E-state index in [-0.39, 0.29) is 23.7 Å². The molecule has 0 atom stereocenters. The Morgan fingerprint density at radius 3 is 2.35 bits per heavy atom. The Morgan fingerprint density at radius 2 is 1.78 bits per heavy atom. The fourth-order valence-electron chi connectivity index (χ4n) is 2.03. The monoisotopic (exact) mass is 314 g/mol. The minimum absolute atomic E-state index is 0.0140. The number of carbonyl (C=O) groups is 2. The highest BCUT2D eigenvalue weighted by molar-refractivity contribution is 6.00. The molecule has 0 saturated carbocycles. The molecule has 0 fully saturated rings. The number of Topliss-reactive ketones (excluding diaryl/α,β-unsaturated/α-hetero) is 1. The van der Waals surface area contributed by atoms with E-state index in [4.69, 9.17) is 9.47 Å². The number of ether oxygens (including phenoxy) is 2. The highest BCUT2D eigenvalue weighted by atomic mass is 16.5. The van der Waals surface area contributed by atoms with Crippen LogP contribution in [0.2, 0.25) is 0 Å². The molecular formula is C18H18O5. The van der Waals surface area contributed by atoms with Gasteiger partial charge in [-0.25, -0.2) is 4.79 Å². The first-order valence-electron chi connectivity index (χ1n) is 7.21. The second kappa shape index (κ2) is 7.45. The standard InChI is InChI=1S/C18H18O5/c1-3-12-4-6-13(7-5-12)17(20)11-23-18(21)15-9-8-14(22-2)10-16(15)19/h4-10,19H,3,11H2,1-2H3. The van der Waals surface area contributed by atoms with Crippen LogP contribution in [0, 0.1) is 0 Å². The smallest absolute Gasteiger partial charge is 0.342 e. The first-order valence-corrected chi connectivity index (χ1v) is 7.21. The minimum Gasteiger partial charge on any atom is -0.507 e. The molecule has 5 nitrogen and oxygen atoms in total. The summed E-state index contributed by atoms with van der Waals surface area (Å²) in [6, 6.07) is 11.4. The van der Waals surface area contributed by atoms with Crippen LogP contribution >= 0.6 is 0 Å². The maximum Gasteiger partial charge on any atom is 0.342 e. The zero-order valence-corrected chi connectivity index (χ0v) is 13.0. The molecule has 0 bridgehead atoms. The number of methoxy groups -OCH3 is 1. The van der Waals surface area contributed by atoms with Crippen LogP contribution in [0.1, 0.15) is 33.2 Å². The van der Waals surface area contributed by atoms with Gasteiger partial charge in [0.15, 0.2) is 12.4 Å². The highest BCUT2D eigenvalue weighted by Gasteiger charge is 2.15. The molecule has 23 heavy (non-hydrogen) atoms. The lowest BCUT2D eigenvalue weighted by atomic mass is 10.1.